The third-order valence-corrected chi connectivity index (χ3v) is 6.61. The molecule has 1 aliphatic rings. The average molecular weight is 501 g/mol. The monoisotopic (exact) mass is 500 g/mol. The summed E-state index contributed by atoms with van der Waals surface area (Å²) in [5, 5.41) is 2.62. The maximum Gasteiger partial charge on any atom is 0.408 e. The number of carbonyl (C=O) groups is 4. The fraction of sp³-hybridized carbons (Fsp3) is 0.360. The minimum absolute atomic E-state index is 0.0227. The molecule has 9 nitrogen and oxygen atoms in total. The van der Waals surface area contributed by atoms with Gasteiger partial charge in [-0.2, -0.15) is 11.8 Å². The van der Waals surface area contributed by atoms with Crippen LogP contribution in [0.3, 0.4) is 0 Å². The molecule has 1 aliphatic heterocycles. The average Bonchev–Trinajstić information content (AvgIpc) is 2.91. The highest BCUT2D eigenvalue weighted by atomic mass is 32.2. The molecule has 1 fully saturated rings. The van der Waals surface area contributed by atoms with Gasteiger partial charge in [-0.1, -0.05) is 60.7 Å². The van der Waals surface area contributed by atoms with Gasteiger partial charge in [0.1, 0.15) is 24.7 Å². The number of benzene rings is 2. The van der Waals surface area contributed by atoms with E-state index >= 15 is 0 Å². The highest BCUT2D eigenvalue weighted by Gasteiger charge is 2.45. The number of alkyl carbamates (subject to hydrolysis) is 1. The van der Waals surface area contributed by atoms with Gasteiger partial charge in [0.15, 0.2) is 0 Å². The first-order valence-electron chi connectivity index (χ1n) is 11.0. The van der Waals surface area contributed by atoms with E-state index < -0.39 is 42.1 Å². The Kier molecular flexibility index (Phi) is 9.54. The summed E-state index contributed by atoms with van der Waals surface area (Å²) in [7, 11) is 2.44. The van der Waals surface area contributed by atoms with Crippen LogP contribution in [0, 0.1) is 0 Å². The van der Waals surface area contributed by atoms with Crippen molar-refractivity contribution in [3.63, 3.8) is 0 Å². The van der Waals surface area contributed by atoms with Crippen LogP contribution in [0.1, 0.15) is 11.1 Å². The third kappa shape index (κ3) is 6.98. The fourth-order valence-electron chi connectivity index (χ4n) is 3.75. The number of thioether (sulfide) groups is 1. The molecule has 0 saturated carbocycles. The molecular formula is C25H28N2O7S. The van der Waals surface area contributed by atoms with Crippen molar-refractivity contribution < 1.29 is 33.4 Å². The second-order valence-electron chi connectivity index (χ2n) is 7.81. The number of methoxy groups -OCH3 is 2. The van der Waals surface area contributed by atoms with Crippen LogP contribution in [0.2, 0.25) is 0 Å². The molecule has 0 bridgehead atoms. The molecule has 2 amide bonds. The number of nitrogens with zero attached hydrogens (tertiary/aromatic N) is 1. The lowest BCUT2D eigenvalue weighted by molar-refractivity contribution is -0.161. The Morgan fingerprint density at radius 2 is 1.40 bits per heavy atom. The first kappa shape index (κ1) is 26.1. The Balaban J connectivity index is 1.85. The molecule has 3 atom stereocenters. The van der Waals surface area contributed by atoms with Crippen molar-refractivity contribution in [3.8, 4) is 0 Å². The third-order valence-electron chi connectivity index (χ3n) is 5.51. The predicted molar refractivity (Wildman–Crippen MR) is 129 cm³/mol. The maximum atomic E-state index is 13.8. The minimum atomic E-state index is -1.09. The molecule has 2 aromatic carbocycles. The van der Waals surface area contributed by atoms with Gasteiger partial charge in [0.05, 0.1) is 14.2 Å². The lowest BCUT2D eigenvalue weighted by Gasteiger charge is -2.40. The smallest absolute Gasteiger partial charge is 0.408 e. The van der Waals surface area contributed by atoms with E-state index in [2.05, 4.69) is 5.32 Å². The molecule has 186 valence electrons. The fourth-order valence-corrected chi connectivity index (χ4v) is 4.92. The number of hydrogen-bond donors (Lipinski definition) is 1. The number of ether oxygens (including phenoxy) is 3. The molecule has 0 radical (unpaired) electrons. The van der Waals surface area contributed by atoms with Crippen molar-refractivity contribution in [2.75, 3.05) is 25.7 Å². The molecular weight excluding hydrogens is 472 g/mol. The highest BCUT2D eigenvalue weighted by Crippen LogP contribution is 2.25. The summed E-state index contributed by atoms with van der Waals surface area (Å²) in [5.41, 5.74) is 1.57. The molecule has 3 rings (SSSR count). The molecule has 1 N–H and O–H groups in total. The van der Waals surface area contributed by atoms with Crippen molar-refractivity contribution in [3.05, 3.63) is 71.8 Å². The number of hydrogen-bond acceptors (Lipinski definition) is 8. The Bertz CT molecular complexity index is 995. The summed E-state index contributed by atoms with van der Waals surface area (Å²) >= 11 is 1.35. The first-order valence-corrected chi connectivity index (χ1v) is 12.2. The van der Waals surface area contributed by atoms with E-state index in [-0.39, 0.29) is 24.5 Å². The number of nitrogens with one attached hydrogen (secondary N) is 1. The van der Waals surface area contributed by atoms with Crippen LogP contribution in [0.4, 0.5) is 4.79 Å². The Labute approximate surface area is 208 Å². The van der Waals surface area contributed by atoms with Gasteiger partial charge < -0.3 is 24.4 Å². The van der Waals surface area contributed by atoms with E-state index in [1.54, 1.807) is 0 Å². The van der Waals surface area contributed by atoms with E-state index in [1.165, 1.54) is 30.9 Å². The number of amides is 2. The quantitative estimate of drug-likeness (QED) is 0.434. The first-order chi connectivity index (χ1) is 16.9. The highest BCUT2D eigenvalue weighted by molar-refractivity contribution is 7.99. The molecule has 0 aliphatic carbocycles. The Hall–Kier alpha value is -3.53. The molecule has 10 heteroatoms. The zero-order valence-electron chi connectivity index (χ0n) is 19.5. The maximum absolute atomic E-state index is 13.8. The lowest BCUT2D eigenvalue weighted by Crippen LogP contribution is -2.63. The van der Waals surface area contributed by atoms with Crippen LogP contribution in [0.25, 0.3) is 0 Å². The van der Waals surface area contributed by atoms with Gasteiger partial charge in [0.2, 0.25) is 5.91 Å². The van der Waals surface area contributed by atoms with Crippen molar-refractivity contribution >= 4 is 35.7 Å². The summed E-state index contributed by atoms with van der Waals surface area (Å²) in [4.78, 5) is 52.7. The zero-order chi connectivity index (χ0) is 25.2. The molecule has 1 saturated heterocycles. The Morgan fingerprint density at radius 3 is 1.91 bits per heavy atom. The predicted octanol–water partition coefficient (Wildman–Crippen LogP) is 2.18. The minimum Gasteiger partial charge on any atom is -0.467 e. The number of carbonyl (C=O) groups excluding carboxylic acids is 4. The van der Waals surface area contributed by atoms with Crippen molar-refractivity contribution in [1.29, 1.82) is 0 Å². The van der Waals surface area contributed by atoms with Crippen LogP contribution in [0.15, 0.2) is 60.7 Å². The second kappa shape index (κ2) is 12.8. The van der Waals surface area contributed by atoms with Crippen LogP contribution in [0.5, 0.6) is 0 Å². The standard InChI is InChI=1S/C25H28N2O7S/c1-32-23(29)20-15-35-16-21(24(30)33-2)27(20)22(28)19(13-17-9-5-3-6-10-17)26-25(31)34-14-18-11-7-4-8-12-18/h3-12,19-21H,13-16H2,1-2H3,(H,26,31)/t19-,20-,21+/m0/s1. The van der Waals surface area contributed by atoms with Crippen LogP contribution in [-0.4, -0.2) is 72.7 Å². The summed E-state index contributed by atoms with van der Waals surface area (Å²) < 4.78 is 15.1. The summed E-state index contributed by atoms with van der Waals surface area (Å²) in [6, 6.07) is 15.1. The van der Waals surface area contributed by atoms with Crippen molar-refractivity contribution in [2.45, 2.75) is 31.2 Å². The van der Waals surface area contributed by atoms with Gasteiger partial charge in [0.25, 0.3) is 0 Å². The van der Waals surface area contributed by atoms with Gasteiger partial charge in [-0.05, 0) is 11.1 Å². The lowest BCUT2D eigenvalue weighted by atomic mass is 10.0. The van der Waals surface area contributed by atoms with Gasteiger partial charge >= 0.3 is 18.0 Å². The van der Waals surface area contributed by atoms with Gasteiger partial charge in [0, 0.05) is 17.9 Å². The van der Waals surface area contributed by atoms with Gasteiger partial charge in [-0.25, -0.2) is 14.4 Å². The molecule has 2 aromatic rings. The summed E-state index contributed by atoms with van der Waals surface area (Å²) in [6.45, 7) is 0.0227. The molecule has 0 unspecified atom stereocenters. The van der Waals surface area contributed by atoms with E-state index in [0.717, 1.165) is 11.1 Å². The summed E-state index contributed by atoms with van der Waals surface area (Å²) in [5.74, 6) is -1.39. The topological polar surface area (TPSA) is 111 Å². The largest absolute Gasteiger partial charge is 0.467 e. The normalized spacial score (nSPS) is 18.2. The summed E-state index contributed by atoms with van der Waals surface area (Å²) in [6.07, 6.45) is -0.662. The van der Waals surface area contributed by atoms with Crippen molar-refractivity contribution in [2.24, 2.45) is 0 Å². The van der Waals surface area contributed by atoms with E-state index in [0.29, 0.717) is 0 Å². The van der Waals surface area contributed by atoms with Crippen LogP contribution >= 0.6 is 11.8 Å². The molecule has 0 spiro atoms. The van der Waals surface area contributed by atoms with Crippen LogP contribution < -0.4 is 5.32 Å². The molecule has 35 heavy (non-hydrogen) atoms. The molecule has 1 heterocycles. The zero-order valence-corrected chi connectivity index (χ0v) is 20.4. The molecule has 0 aromatic heterocycles. The van der Waals surface area contributed by atoms with E-state index in [9.17, 15) is 19.2 Å². The second-order valence-corrected chi connectivity index (χ2v) is 8.88. The SMILES string of the molecule is COC(=O)[C@H]1CSC[C@@H](C(=O)OC)N1C(=O)[C@H](Cc1ccccc1)NC(=O)OCc1ccccc1. The Morgan fingerprint density at radius 1 is 0.886 bits per heavy atom. The number of rotatable bonds is 8. The number of esters is 2. The van der Waals surface area contributed by atoms with E-state index in [4.69, 9.17) is 14.2 Å². The van der Waals surface area contributed by atoms with E-state index in [1.807, 2.05) is 60.7 Å². The van der Waals surface area contributed by atoms with Crippen LogP contribution in [-0.2, 0) is 41.6 Å². The van der Waals surface area contributed by atoms with Crippen molar-refractivity contribution in [1.82, 2.24) is 10.2 Å². The van der Waals surface area contributed by atoms with Gasteiger partial charge in [-0.15, -0.1) is 0 Å². The van der Waals surface area contributed by atoms with Gasteiger partial charge in [-0.3, -0.25) is 4.79 Å².